The first kappa shape index (κ1) is 16.7. The molecule has 24 heavy (non-hydrogen) atoms. The van der Waals surface area contributed by atoms with Gasteiger partial charge in [0.25, 0.3) is 6.43 Å². The van der Waals surface area contributed by atoms with Gasteiger partial charge in [-0.15, -0.1) is 0 Å². The minimum absolute atomic E-state index is 0.0166. The number of hydrogen-bond acceptors (Lipinski definition) is 3. The fraction of sp³-hybridized carbons (Fsp3) is 0.529. The number of amides is 1. The predicted molar refractivity (Wildman–Crippen MR) is 84.2 cm³/mol. The highest BCUT2D eigenvalue weighted by Gasteiger charge is 2.47. The highest BCUT2D eigenvalue weighted by Crippen LogP contribution is 2.44. The quantitative estimate of drug-likeness (QED) is 0.902. The minimum atomic E-state index is -2.59. The molecule has 0 bridgehead atoms. The molecule has 1 N–H and O–H groups in total. The van der Waals surface area contributed by atoms with Gasteiger partial charge in [-0.3, -0.25) is 0 Å². The van der Waals surface area contributed by atoms with Crippen molar-refractivity contribution in [3.05, 3.63) is 30.0 Å². The molecule has 1 aliphatic heterocycles. The zero-order chi connectivity index (χ0) is 17.3. The van der Waals surface area contributed by atoms with Crippen molar-refractivity contribution in [2.75, 3.05) is 13.1 Å². The van der Waals surface area contributed by atoms with E-state index in [0.717, 1.165) is 25.7 Å². The lowest BCUT2D eigenvalue weighted by Crippen LogP contribution is -2.59. The average molecular weight is 338 g/mol. The molecule has 0 radical (unpaired) electrons. The highest BCUT2D eigenvalue weighted by molar-refractivity contribution is 5.66. The molecule has 0 aromatic carbocycles. The van der Waals surface area contributed by atoms with E-state index in [0.29, 0.717) is 19.0 Å². The predicted octanol–water partition coefficient (Wildman–Crippen LogP) is 3.96. The molecule has 1 spiro atoms. The molecule has 1 saturated carbocycles. The number of hydrogen-bond donors (Lipinski definition) is 1. The molecule has 2 aliphatic rings. The Kier molecular flexibility index (Phi) is 4.43. The molecule has 1 aliphatic carbocycles. The maximum absolute atomic E-state index is 12.8. The Bertz CT molecular complexity index is 635. The maximum atomic E-state index is 12.8. The molecular formula is C17H20F2N2O3. The molecule has 2 heterocycles. The Labute approximate surface area is 138 Å². The van der Waals surface area contributed by atoms with Crippen molar-refractivity contribution >= 4 is 12.2 Å². The van der Waals surface area contributed by atoms with Crippen LogP contribution in [0.3, 0.4) is 0 Å². The van der Waals surface area contributed by atoms with E-state index in [9.17, 15) is 13.6 Å². The van der Waals surface area contributed by atoms with Crippen molar-refractivity contribution in [1.82, 2.24) is 9.88 Å². The molecule has 0 atom stereocenters. The third kappa shape index (κ3) is 3.20. The highest BCUT2D eigenvalue weighted by atomic mass is 19.3. The number of halogens is 2. The summed E-state index contributed by atoms with van der Waals surface area (Å²) < 4.78 is 31.5. The molecule has 5 nitrogen and oxygen atoms in total. The van der Waals surface area contributed by atoms with E-state index in [-0.39, 0.29) is 22.8 Å². The number of likely N-dealkylation sites (tertiary alicyclic amines) is 1. The second-order valence-corrected chi connectivity index (χ2v) is 6.58. The van der Waals surface area contributed by atoms with Gasteiger partial charge < -0.3 is 14.7 Å². The molecule has 130 valence electrons. The van der Waals surface area contributed by atoms with Gasteiger partial charge in [0.2, 0.25) is 5.88 Å². The van der Waals surface area contributed by atoms with Crippen LogP contribution in [0.2, 0.25) is 0 Å². The normalized spacial score (nSPS) is 20.0. The van der Waals surface area contributed by atoms with Crippen molar-refractivity contribution in [2.24, 2.45) is 5.41 Å². The van der Waals surface area contributed by atoms with E-state index in [4.69, 9.17) is 9.84 Å². The molecule has 3 rings (SSSR count). The van der Waals surface area contributed by atoms with Crippen LogP contribution in [0, 0.1) is 5.41 Å². The second kappa shape index (κ2) is 6.37. The van der Waals surface area contributed by atoms with Gasteiger partial charge in [0, 0.05) is 30.1 Å². The molecular weight excluding hydrogens is 318 g/mol. The Balaban J connectivity index is 1.57. The first-order chi connectivity index (χ1) is 11.4. The van der Waals surface area contributed by atoms with Crippen LogP contribution in [-0.2, 0) is 0 Å². The summed E-state index contributed by atoms with van der Waals surface area (Å²) >= 11 is 0. The van der Waals surface area contributed by atoms with Gasteiger partial charge >= 0.3 is 6.09 Å². The van der Waals surface area contributed by atoms with Crippen molar-refractivity contribution < 1.29 is 23.4 Å². The first-order valence-corrected chi connectivity index (χ1v) is 7.98. The summed E-state index contributed by atoms with van der Waals surface area (Å²) in [6, 6.07) is 2.79. The van der Waals surface area contributed by atoms with Crippen molar-refractivity contribution in [1.29, 1.82) is 0 Å². The average Bonchev–Trinajstić information content (AvgIpc) is 2.53. The summed E-state index contributed by atoms with van der Waals surface area (Å²) in [5, 5.41) is 8.94. The molecule has 1 aromatic rings. The number of aromatic nitrogens is 1. The lowest BCUT2D eigenvalue weighted by Gasteiger charge is -2.52. The summed E-state index contributed by atoms with van der Waals surface area (Å²) in [5.74, 6) is 0.330. The minimum Gasteiger partial charge on any atom is -0.474 e. The first-order valence-electron chi connectivity index (χ1n) is 7.98. The van der Waals surface area contributed by atoms with Crippen LogP contribution in [0.15, 0.2) is 18.7 Å². The summed E-state index contributed by atoms with van der Waals surface area (Å²) in [6.45, 7) is 4.71. The Morgan fingerprint density at radius 1 is 1.42 bits per heavy atom. The van der Waals surface area contributed by atoms with Crippen molar-refractivity contribution in [2.45, 2.75) is 38.2 Å². The van der Waals surface area contributed by atoms with E-state index in [1.807, 2.05) is 0 Å². The monoisotopic (exact) mass is 338 g/mol. The molecule has 2 fully saturated rings. The van der Waals surface area contributed by atoms with E-state index in [1.54, 1.807) is 0 Å². The van der Waals surface area contributed by atoms with Gasteiger partial charge in [-0.05, 0) is 37.8 Å². The number of rotatable bonds is 4. The lowest BCUT2D eigenvalue weighted by molar-refractivity contribution is -0.0374. The molecule has 1 saturated heterocycles. The molecule has 0 unspecified atom stereocenters. The van der Waals surface area contributed by atoms with E-state index < -0.39 is 12.5 Å². The lowest BCUT2D eigenvalue weighted by atomic mass is 9.68. The number of nitrogens with zero attached hydrogens (tertiary/aromatic N) is 2. The van der Waals surface area contributed by atoms with Gasteiger partial charge in [0.05, 0.1) is 5.69 Å². The van der Waals surface area contributed by atoms with Crippen LogP contribution in [0.4, 0.5) is 13.6 Å². The number of carboxylic acid groups (broad SMARTS) is 1. The third-order valence-corrected chi connectivity index (χ3v) is 4.96. The van der Waals surface area contributed by atoms with Crippen LogP contribution in [0.5, 0.6) is 5.88 Å². The number of pyridine rings is 1. The van der Waals surface area contributed by atoms with Gasteiger partial charge in [0.15, 0.2) is 0 Å². The molecule has 1 amide bonds. The largest absolute Gasteiger partial charge is 0.474 e. The topological polar surface area (TPSA) is 62.7 Å². The summed E-state index contributed by atoms with van der Waals surface area (Å²) in [4.78, 5) is 16.4. The smallest absolute Gasteiger partial charge is 0.407 e. The van der Waals surface area contributed by atoms with E-state index in [2.05, 4.69) is 11.6 Å². The molecule has 7 heteroatoms. The van der Waals surface area contributed by atoms with Crippen LogP contribution in [-0.4, -0.2) is 40.3 Å². The zero-order valence-corrected chi connectivity index (χ0v) is 13.3. The maximum Gasteiger partial charge on any atom is 0.407 e. The zero-order valence-electron chi connectivity index (χ0n) is 13.3. The van der Waals surface area contributed by atoms with Crippen LogP contribution in [0.1, 0.15) is 43.4 Å². The SMILES string of the molecule is C=Cc1nc(OC2CCC3(CC2)CN(C(=O)O)C3)ccc1C(F)F. The van der Waals surface area contributed by atoms with Crippen LogP contribution in [0.25, 0.3) is 6.08 Å². The molecule has 1 aromatic heterocycles. The number of carbonyl (C=O) groups is 1. The van der Waals surface area contributed by atoms with Crippen molar-refractivity contribution in [3.63, 3.8) is 0 Å². The number of alkyl halides is 2. The van der Waals surface area contributed by atoms with E-state index in [1.165, 1.54) is 23.1 Å². The van der Waals surface area contributed by atoms with E-state index >= 15 is 0 Å². The van der Waals surface area contributed by atoms with Crippen LogP contribution >= 0.6 is 0 Å². The summed E-state index contributed by atoms with van der Waals surface area (Å²) in [7, 11) is 0. The number of ether oxygens (including phenoxy) is 1. The van der Waals surface area contributed by atoms with Gasteiger partial charge in [-0.25, -0.2) is 18.6 Å². The third-order valence-electron chi connectivity index (χ3n) is 4.96. The Morgan fingerprint density at radius 3 is 2.62 bits per heavy atom. The van der Waals surface area contributed by atoms with Crippen LogP contribution < -0.4 is 4.74 Å². The van der Waals surface area contributed by atoms with Gasteiger partial charge in [-0.2, -0.15) is 0 Å². The fourth-order valence-corrected chi connectivity index (χ4v) is 3.59. The Hall–Kier alpha value is -2.18. The fourth-order valence-electron chi connectivity index (χ4n) is 3.59. The summed E-state index contributed by atoms with van der Waals surface area (Å²) in [5.41, 5.74) is 0.0892. The standard InChI is InChI=1S/C17H20F2N2O3/c1-2-13-12(15(18)19)3-4-14(20-13)24-11-5-7-17(8-6-11)9-21(10-17)16(22)23/h2-4,11,15H,1,5-10H2,(H,22,23). The summed E-state index contributed by atoms with van der Waals surface area (Å²) in [6.07, 6.45) is 1.28. The van der Waals surface area contributed by atoms with Gasteiger partial charge in [0.1, 0.15) is 6.10 Å². The van der Waals surface area contributed by atoms with Gasteiger partial charge in [-0.1, -0.05) is 6.58 Å². The second-order valence-electron chi connectivity index (χ2n) is 6.58. The Morgan fingerprint density at radius 2 is 2.08 bits per heavy atom. The van der Waals surface area contributed by atoms with Crippen molar-refractivity contribution in [3.8, 4) is 5.88 Å².